The number of likely N-dealkylation sites (tertiary alicyclic amines) is 1. The van der Waals surface area contributed by atoms with Crippen molar-refractivity contribution in [1.82, 2.24) is 10.1 Å². The van der Waals surface area contributed by atoms with E-state index < -0.39 is 18.2 Å². The van der Waals surface area contributed by atoms with Crippen LogP contribution in [-0.4, -0.2) is 52.5 Å². The highest BCUT2D eigenvalue weighted by Gasteiger charge is 2.33. The molecule has 8 nitrogen and oxygen atoms in total. The molecule has 9 heteroatoms. The van der Waals surface area contributed by atoms with Crippen LogP contribution in [0.1, 0.15) is 41.5 Å². The van der Waals surface area contributed by atoms with Gasteiger partial charge in [0, 0.05) is 30.6 Å². The van der Waals surface area contributed by atoms with Crippen molar-refractivity contribution in [3.63, 3.8) is 0 Å². The van der Waals surface area contributed by atoms with Gasteiger partial charge in [-0.05, 0) is 73.8 Å². The predicted octanol–water partition coefficient (Wildman–Crippen LogP) is 4.94. The third-order valence-electron chi connectivity index (χ3n) is 7.04. The van der Waals surface area contributed by atoms with Crippen molar-refractivity contribution < 1.29 is 19.4 Å². The van der Waals surface area contributed by atoms with E-state index in [1.807, 2.05) is 50.2 Å². The molecule has 1 fully saturated rings. The molecule has 0 bridgehead atoms. The summed E-state index contributed by atoms with van der Waals surface area (Å²) in [5.41, 5.74) is 7.40. The molecule has 0 aliphatic carbocycles. The Bertz CT molecular complexity index is 1060. The van der Waals surface area contributed by atoms with E-state index in [4.69, 9.17) is 16.3 Å². The molecule has 2 N–H and O–H groups in total. The molecule has 0 radical (unpaired) electrons. The van der Waals surface area contributed by atoms with Crippen molar-refractivity contribution in [2.24, 2.45) is 5.92 Å². The normalized spacial score (nSPS) is 19.9. The number of halogens is 1. The maximum absolute atomic E-state index is 12.8. The number of hydroxylamine groups is 1. The van der Waals surface area contributed by atoms with E-state index in [1.165, 1.54) is 0 Å². The summed E-state index contributed by atoms with van der Waals surface area (Å²) in [6, 6.07) is 11.3. The molecule has 2 heterocycles. The first-order valence-electron chi connectivity index (χ1n) is 12.0. The molecule has 188 valence electrons. The van der Waals surface area contributed by atoms with Crippen molar-refractivity contribution in [2.75, 3.05) is 18.5 Å². The second-order valence-electron chi connectivity index (χ2n) is 9.48. The van der Waals surface area contributed by atoms with Gasteiger partial charge in [-0.25, -0.2) is 9.59 Å². The summed E-state index contributed by atoms with van der Waals surface area (Å²) in [7, 11) is 0. The first-order valence-corrected chi connectivity index (χ1v) is 12.4. The summed E-state index contributed by atoms with van der Waals surface area (Å²) in [6.07, 6.45) is 1.01. The predicted molar refractivity (Wildman–Crippen MR) is 134 cm³/mol. The maximum atomic E-state index is 12.8. The lowest BCUT2D eigenvalue weighted by molar-refractivity contribution is -0.147. The number of carbonyl (C=O) groups excluding carboxylic acids is 1. The Kier molecular flexibility index (Phi) is 7.84. The van der Waals surface area contributed by atoms with Crippen LogP contribution in [-0.2, 0) is 22.4 Å². The molecule has 2 aliphatic heterocycles. The average Bonchev–Trinajstić information content (AvgIpc) is 3.00. The third kappa shape index (κ3) is 5.89. The van der Waals surface area contributed by atoms with Crippen molar-refractivity contribution in [2.45, 2.75) is 58.1 Å². The largest absolute Gasteiger partial charge is 0.767 e. The number of hydrogen-bond acceptors (Lipinski definition) is 6. The quantitative estimate of drug-likeness (QED) is 0.598. The summed E-state index contributed by atoms with van der Waals surface area (Å²) in [5, 5.41) is 24.0. The van der Waals surface area contributed by atoms with Gasteiger partial charge < -0.3 is 25.4 Å². The summed E-state index contributed by atoms with van der Waals surface area (Å²) in [5.74, 6) is -1.06. The van der Waals surface area contributed by atoms with Crippen LogP contribution in [0.2, 0.25) is 5.02 Å². The van der Waals surface area contributed by atoms with Crippen LogP contribution < -0.4 is 5.43 Å². The van der Waals surface area contributed by atoms with E-state index in [-0.39, 0.29) is 18.4 Å². The zero-order chi connectivity index (χ0) is 25.1. The minimum atomic E-state index is -1.29. The number of benzene rings is 2. The Morgan fingerprint density at radius 3 is 2.49 bits per heavy atom. The molecule has 2 atom stereocenters. The number of hydrogen-bond donors (Lipinski definition) is 2. The van der Waals surface area contributed by atoms with E-state index in [0.717, 1.165) is 46.0 Å². The number of rotatable bonds is 5. The van der Waals surface area contributed by atoms with Crippen LogP contribution in [0.15, 0.2) is 36.4 Å². The number of aliphatic carboxylic acids is 1. The Hall–Kier alpha value is -2.81. The molecular formula is C26H31ClN3O5-. The van der Waals surface area contributed by atoms with Gasteiger partial charge in [-0.3, -0.25) is 5.17 Å². The highest BCUT2D eigenvalue weighted by molar-refractivity contribution is 6.32. The summed E-state index contributed by atoms with van der Waals surface area (Å²) in [6.45, 7) is 4.56. The number of nitrogens with zero attached hydrogens (tertiary/aromatic N) is 2. The van der Waals surface area contributed by atoms with E-state index in [9.17, 15) is 19.9 Å². The topological polar surface area (TPSA) is 105 Å². The van der Waals surface area contributed by atoms with Crippen LogP contribution in [0.25, 0.3) is 0 Å². The molecule has 0 saturated carbocycles. The minimum absolute atomic E-state index is 0.0653. The number of carboxylic acids is 1. The number of carboxylic acid groups (broad SMARTS) is 1. The number of carbonyl (C=O) groups is 2. The molecule has 1 amide bonds. The van der Waals surface area contributed by atoms with Crippen molar-refractivity contribution in [3.8, 4) is 0 Å². The highest BCUT2D eigenvalue weighted by atomic mass is 35.5. The summed E-state index contributed by atoms with van der Waals surface area (Å²) < 4.78 is 5.40. The van der Waals surface area contributed by atoms with Gasteiger partial charge in [-0.2, -0.15) is 0 Å². The smallest absolute Gasteiger partial charge is 0.410 e. The third-order valence-corrected chi connectivity index (χ3v) is 7.63. The lowest BCUT2D eigenvalue weighted by Crippen LogP contribution is -2.47. The number of anilines is 1. The Morgan fingerprint density at radius 1 is 1.17 bits per heavy atom. The number of fused-ring (bicyclic) bond motifs is 1. The van der Waals surface area contributed by atoms with Gasteiger partial charge in [0.25, 0.3) is 0 Å². The second kappa shape index (κ2) is 10.8. The Labute approximate surface area is 210 Å². The van der Waals surface area contributed by atoms with Gasteiger partial charge in [0.05, 0.1) is 5.69 Å². The fourth-order valence-electron chi connectivity index (χ4n) is 5.11. The number of ether oxygens (including phenoxy) is 1. The molecule has 0 spiro atoms. The van der Waals surface area contributed by atoms with Crippen molar-refractivity contribution in [1.29, 1.82) is 0 Å². The first kappa shape index (κ1) is 25.3. The number of para-hydroxylation sites is 1. The number of aryl methyl sites for hydroxylation is 3. The van der Waals surface area contributed by atoms with Gasteiger partial charge in [0.2, 0.25) is 6.10 Å². The van der Waals surface area contributed by atoms with Gasteiger partial charge >= 0.3 is 12.1 Å². The van der Waals surface area contributed by atoms with Gasteiger partial charge in [0.15, 0.2) is 0 Å². The molecule has 1 saturated heterocycles. The Morgan fingerprint density at radius 2 is 1.83 bits per heavy atom. The van der Waals surface area contributed by atoms with Crippen LogP contribution in [0.4, 0.5) is 10.5 Å². The van der Waals surface area contributed by atoms with E-state index in [1.54, 1.807) is 4.90 Å². The van der Waals surface area contributed by atoms with E-state index in [2.05, 4.69) is 5.43 Å². The lowest BCUT2D eigenvalue weighted by Gasteiger charge is -2.43. The molecule has 2 aliphatic rings. The molecule has 0 aromatic heterocycles. The number of nitrogens with one attached hydrogen (secondary N) is 1. The van der Waals surface area contributed by atoms with Crippen LogP contribution in [0.5, 0.6) is 0 Å². The molecule has 2 aromatic carbocycles. The van der Waals surface area contributed by atoms with Crippen molar-refractivity contribution in [3.05, 3.63) is 68.9 Å². The van der Waals surface area contributed by atoms with E-state index in [0.29, 0.717) is 31.0 Å². The van der Waals surface area contributed by atoms with E-state index >= 15 is 0 Å². The van der Waals surface area contributed by atoms with Crippen LogP contribution in [0.3, 0.4) is 0 Å². The average molecular weight is 501 g/mol. The maximum Gasteiger partial charge on any atom is 0.410 e. The first-order chi connectivity index (χ1) is 16.7. The summed E-state index contributed by atoms with van der Waals surface area (Å²) in [4.78, 5) is 26.1. The molecule has 35 heavy (non-hydrogen) atoms. The Balaban J connectivity index is 1.33. The monoisotopic (exact) mass is 500 g/mol. The lowest BCUT2D eigenvalue weighted by atomic mass is 9.86. The standard InChI is InChI=1S/C26H31ClN3O5/c1-16-13-18(14-17(2)24(16)27)15-23(25(31)32)35-26(33)29-11-9-20(10-12-29)22-8-7-19-5-3-4-6-21(19)28-30(22)34/h3-6,13-14,20,22-23,28H,7-12,15H2,1-2H3,(H,31,32)/q-1/t22?,23-/m1/s1. The SMILES string of the molecule is Cc1cc(C[C@@H](OC(=O)N2CCC(C3CCc4ccccc4NN3[O-])CC2)C(=O)O)cc(C)c1Cl. The molecule has 4 rings (SSSR count). The fourth-order valence-corrected chi connectivity index (χ4v) is 5.22. The molecule has 2 aromatic rings. The second-order valence-corrected chi connectivity index (χ2v) is 9.86. The number of piperidine rings is 1. The molecular weight excluding hydrogens is 470 g/mol. The highest BCUT2D eigenvalue weighted by Crippen LogP contribution is 2.32. The molecule has 1 unspecified atom stereocenters. The number of amides is 1. The number of hydrazine groups is 1. The summed E-state index contributed by atoms with van der Waals surface area (Å²) >= 11 is 6.21. The van der Waals surface area contributed by atoms with Crippen molar-refractivity contribution >= 4 is 29.4 Å². The van der Waals surface area contributed by atoms with Gasteiger partial charge in [-0.1, -0.05) is 41.9 Å². The fraction of sp³-hybridized carbons (Fsp3) is 0.462. The minimum Gasteiger partial charge on any atom is -0.767 e. The van der Waals surface area contributed by atoms with Crippen LogP contribution >= 0.6 is 11.6 Å². The zero-order valence-corrected chi connectivity index (χ0v) is 20.8. The van der Waals surface area contributed by atoms with Gasteiger partial charge in [0.1, 0.15) is 0 Å². The zero-order valence-electron chi connectivity index (χ0n) is 20.0. The van der Waals surface area contributed by atoms with Crippen LogP contribution in [0, 0.1) is 25.0 Å². The van der Waals surface area contributed by atoms with Gasteiger partial charge in [-0.15, -0.1) is 0 Å².